The van der Waals surface area contributed by atoms with Gasteiger partial charge in [-0.2, -0.15) is 0 Å². The number of nitrogens with one attached hydrogen (secondary N) is 1. The molecular formula is C19H20F2N2O2. The lowest BCUT2D eigenvalue weighted by Crippen LogP contribution is -2.35. The van der Waals surface area contributed by atoms with E-state index in [1.807, 2.05) is 0 Å². The molecule has 6 heteroatoms. The summed E-state index contributed by atoms with van der Waals surface area (Å²) in [5.41, 5.74) is -0.165. The molecular weight excluding hydrogens is 326 g/mol. The SMILES string of the molecule is CN1CCC(Oc2cccc(NC(=O)c3c(F)cccc3F)c2)CC1. The third-order valence-corrected chi connectivity index (χ3v) is 4.25. The highest BCUT2D eigenvalue weighted by atomic mass is 19.1. The van der Waals surface area contributed by atoms with Crippen molar-refractivity contribution in [1.29, 1.82) is 0 Å². The van der Waals surface area contributed by atoms with Crippen molar-refractivity contribution in [2.45, 2.75) is 18.9 Å². The minimum atomic E-state index is -0.892. The summed E-state index contributed by atoms with van der Waals surface area (Å²) in [7, 11) is 2.08. The molecule has 1 aliphatic heterocycles. The van der Waals surface area contributed by atoms with Crippen LogP contribution in [0.1, 0.15) is 23.2 Å². The third-order valence-electron chi connectivity index (χ3n) is 4.25. The molecule has 0 atom stereocenters. The predicted octanol–water partition coefficient (Wildman–Crippen LogP) is 3.69. The Hall–Kier alpha value is -2.47. The standard InChI is InChI=1S/C19H20F2N2O2/c1-23-10-8-14(9-11-23)25-15-5-2-4-13(12-15)22-19(24)18-16(20)6-3-7-17(18)21/h2-7,12,14H,8-11H2,1H3,(H,22,24). The van der Waals surface area contributed by atoms with E-state index in [9.17, 15) is 13.6 Å². The van der Waals surface area contributed by atoms with Crippen molar-refractivity contribution in [2.24, 2.45) is 0 Å². The number of carbonyl (C=O) groups is 1. The number of ether oxygens (including phenoxy) is 1. The zero-order valence-corrected chi connectivity index (χ0v) is 14.0. The molecule has 1 aliphatic rings. The Kier molecular flexibility index (Phi) is 5.28. The van der Waals surface area contributed by atoms with Crippen LogP contribution in [0, 0.1) is 11.6 Å². The van der Waals surface area contributed by atoms with Gasteiger partial charge < -0.3 is 15.0 Å². The first-order valence-corrected chi connectivity index (χ1v) is 8.23. The first-order valence-electron chi connectivity index (χ1n) is 8.23. The minimum absolute atomic E-state index is 0.131. The van der Waals surface area contributed by atoms with Crippen LogP contribution in [-0.4, -0.2) is 37.0 Å². The van der Waals surface area contributed by atoms with E-state index in [2.05, 4.69) is 17.3 Å². The van der Waals surface area contributed by atoms with Gasteiger partial charge in [-0.3, -0.25) is 4.79 Å². The summed E-state index contributed by atoms with van der Waals surface area (Å²) in [4.78, 5) is 14.4. The number of likely N-dealkylation sites (tertiary alicyclic amines) is 1. The van der Waals surface area contributed by atoms with Crippen LogP contribution in [0.2, 0.25) is 0 Å². The lowest BCUT2D eigenvalue weighted by Gasteiger charge is -2.29. The van der Waals surface area contributed by atoms with Crippen molar-refractivity contribution in [1.82, 2.24) is 4.90 Å². The molecule has 0 aromatic heterocycles. The third kappa shape index (κ3) is 4.33. The highest BCUT2D eigenvalue weighted by Gasteiger charge is 2.19. The average molecular weight is 346 g/mol. The largest absolute Gasteiger partial charge is 0.490 e. The van der Waals surface area contributed by atoms with Crippen molar-refractivity contribution < 1.29 is 18.3 Å². The fraction of sp³-hybridized carbons (Fsp3) is 0.316. The second-order valence-electron chi connectivity index (χ2n) is 6.20. The zero-order valence-electron chi connectivity index (χ0n) is 14.0. The van der Waals surface area contributed by atoms with Crippen molar-refractivity contribution in [2.75, 3.05) is 25.5 Å². The Morgan fingerprint density at radius 1 is 1.12 bits per heavy atom. The van der Waals surface area contributed by atoms with Gasteiger partial charge in [0.05, 0.1) is 0 Å². The van der Waals surface area contributed by atoms with Gasteiger partial charge in [0.2, 0.25) is 0 Å². The van der Waals surface area contributed by atoms with Crippen LogP contribution in [0.4, 0.5) is 14.5 Å². The molecule has 0 saturated carbocycles. The molecule has 0 aliphatic carbocycles. The number of hydrogen-bond donors (Lipinski definition) is 1. The lowest BCUT2D eigenvalue weighted by molar-refractivity contribution is 0.101. The maximum Gasteiger partial charge on any atom is 0.261 e. The minimum Gasteiger partial charge on any atom is -0.490 e. The van der Waals surface area contributed by atoms with Crippen LogP contribution in [0.15, 0.2) is 42.5 Å². The predicted molar refractivity (Wildman–Crippen MR) is 91.9 cm³/mol. The second-order valence-corrected chi connectivity index (χ2v) is 6.20. The summed E-state index contributed by atoms with van der Waals surface area (Å²) < 4.78 is 33.3. The molecule has 2 aromatic carbocycles. The Labute approximate surface area is 145 Å². The van der Waals surface area contributed by atoms with E-state index < -0.39 is 23.1 Å². The topological polar surface area (TPSA) is 41.6 Å². The molecule has 3 rings (SSSR count). The summed E-state index contributed by atoms with van der Waals surface area (Å²) in [6, 6.07) is 10.2. The number of benzene rings is 2. The van der Waals surface area contributed by atoms with Crippen LogP contribution < -0.4 is 10.1 Å². The van der Waals surface area contributed by atoms with E-state index >= 15 is 0 Å². The maximum atomic E-state index is 13.7. The molecule has 132 valence electrons. The molecule has 0 radical (unpaired) electrons. The smallest absolute Gasteiger partial charge is 0.261 e. The number of rotatable bonds is 4. The molecule has 1 N–H and O–H groups in total. The van der Waals surface area contributed by atoms with E-state index in [0.29, 0.717) is 11.4 Å². The van der Waals surface area contributed by atoms with E-state index in [4.69, 9.17) is 4.74 Å². The Morgan fingerprint density at radius 2 is 1.76 bits per heavy atom. The fourth-order valence-corrected chi connectivity index (χ4v) is 2.85. The summed E-state index contributed by atoms with van der Waals surface area (Å²) in [6.07, 6.45) is 2.01. The van der Waals surface area contributed by atoms with Gasteiger partial charge >= 0.3 is 0 Å². The zero-order chi connectivity index (χ0) is 17.8. The highest BCUT2D eigenvalue weighted by Crippen LogP contribution is 2.23. The number of piperidine rings is 1. The highest BCUT2D eigenvalue weighted by molar-refractivity contribution is 6.04. The van der Waals surface area contributed by atoms with E-state index in [1.165, 1.54) is 6.07 Å². The summed E-state index contributed by atoms with van der Waals surface area (Å²) in [5.74, 6) is -1.99. The van der Waals surface area contributed by atoms with Crippen LogP contribution in [-0.2, 0) is 0 Å². The molecule has 1 amide bonds. The van der Waals surface area contributed by atoms with Crippen molar-refractivity contribution in [3.8, 4) is 5.75 Å². The van der Waals surface area contributed by atoms with Crippen molar-refractivity contribution in [3.05, 3.63) is 59.7 Å². The summed E-state index contributed by atoms with van der Waals surface area (Å²) >= 11 is 0. The van der Waals surface area contributed by atoms with Crippen LogP contribution in [0.5, 0.6) is 5.75 Å². The van der Waals surface area contributed by atoms with E-state index in [-0.39, 0.29) is 6.10 Å². The monoisotopic (exact) mass is 346 g/mol. The molecule has 1 saturated heterocycles. The number of nitrogens with zero attached hydrogens (tertiary/aromatic N) is 1. The van der Waals surface area contributed by atoms with Crippen LogP contribution >= 0.6 is 0 Å². The molecule has 0 unspecified atom stereocenters. The van der Waals surface area contributed by atoms with Gasteiger partial charge in [-0.1, -0.05) is 12.1 Å². The van der Waals surface area contributed by atoms with Crippen molar-refractivity contribution >= 4 is 11.6 Å². The first-order chi connectivity index (χ1) is 12.0. The Morgan fingerprint density at radius 3 is 2.44 bits per heavy atom. The Bertz CT molecular complexity index is 739. The average Bonchev–Trinajstić information content (AvgIpc) is 2.57. The second kappa shape index (κ2) is 7.61. The van der Waals surface area contributed by atoms with Crippen molar-refractivity contribution in [3.63, 3.8) is 0 Å². The number of amides is 1. The quantitative estimate of drug-likeness (QED) is 0.918. The van der Waals surface area contributed by atoms with E-state index in [0.717, 1.165) is 38.1 Å². The molecule has 1 heterocycles. The normalized spacial score (nSPS) is 15.8. The van der Waals surface area contributed by atoms with Gasteiger partial charge in [0.25, 0.3) is 5.91 Å². The van der Waals surface area contributed by atoms with Gasteiger partial charge in [0.1, 0.15) is 29.1 Å². The number of carbonyl (C=O) groups excluding carboxylic acids is 1. The maximum absolute atomic E-state index is 13.7. The van der Waals surface area contributed by atoms with Crippen LogP contribution in [0.3, 0.4) is 0 Å². The Balaban J connectivity index is 1.68. The molecule has 1 fully saturated rings. The van der Waals surface area contributed by atoms with Gasteiger partial charge in [-0.05, 0) is 44.2 Å². The molecule has 4 nitrogen and oxygen atoms in total. The molecule has 25 heavy (non-hydrogen) atoms. The number of halogens is 2. The van der Waals surface area contributed by atoms with Gasteiger partial charge in [-0.15, -0.1) is 0 Å². The van der Waals surface area contributed by atoms with Gasteiger partial charge in [-0.25, -0.2) is 8.78 Å². The van der Waals surface area contributed by atoms with Crippen LogP contribution in [0.25, 0.3) is 0 Å². The fourth-order valence-electron chi connectivity index (χ4n) is 2.85. The summed E-state index contributed by atoms with van der Waals surface area (Å²) in [6.45, 7) is 1.96. The van der Waals surface area contributed by atoms with E-state index in [1.54, 1.807) is 24.3 Å². The molecule has 0 spiro atoms. The molecule has 0 bridgehead atoms. The first kappa shape index (κ1) is 17.4. The number of hydrogen-bond acceptors (Lipinski definition) is 3. The van der Waals surface area contributed by atoms with Gasteiger partial charge in [0, 0.05) is 24.8 Å². The molecule has 2 aromatic rings. The lowest BCUT2D eigenvalue weighted by atomic mass is 10.1. The number of anilines is 1. The summed E-state index contributed by atoms with van der Waals surface area (Å²) in [5, 5.41) is 2.52. The van der Waals surface area contributed by atoms with Gasteiger partial charge in [0.15, 0.2) is 0 Å².